The number of rotatable bonds is 2. The van der Waals surface area contributed by atoms with E-state index in [1.54, 1.807) is 0 Å². The molecule has 2 saturated carbocycles. The van der Waals surface area contributed by atoms with Gasteiger partial charge < -0.3 is 10.4 Å². The number of halogens is 2. The fourth-order valence-electron chi connectivity index (χ4n) is 2.93. The number of hydrogen-bond acceptors (Lipinski definition) is 2. The van der Waals surface area contributed by atoms with Crippen molar-refractivity contribution in [2.45, 2.75) is 69.4 Å². The average Bonchev–Trinajstić information content (AvgIpc) is 2.31. The highest BCUT2D eigenvalue weighted by molar-refractivity contribution is 5.79. The van der Waals surface area contributed by atoms with Crippen molar-refractivity contribution in [2.24, 2.45) is 5.92 Å². The molecule has 104 valence electrons. The number of alkyl halides is 2. The molecule has 2 aliphatic rings. The highest BCUT2D eigenvalue weighted by Crippen LogP contribution is 2.36. The molecular formula is C13H21F2NO2. The van der Waals surface area contributed by atoms with Crippen molar-refractivity contribution in [3.8, 4) is 0 Å². The monoisotopic (exact) mass is 261 g/mol. The van der Waals surface area contributed by atoms with E-state index in [1.165, 1.54) is 0 Å². The Morgan fingerprint density at radius 3 is 2.44 bits per heavy atom. The summed E-state index contributed by atoms with van der Waals surface area (Å²) in [6, 6.07) is 0.0523. The van der Waals surface area contributed by atoms with E-state index in [0.29, 0.717) is 25.7 Å². The maximum Gasteiger partial charge on any atom is 0.248 e. The van der Waals surface area contributed by atoms with Crippen molar-refractivity contribution < 1.29 is 18.7 Å². The van der Waals surface area contributed by atoms with E-state index in [9.17, 15) is 18.7 Å². The van der Waals surface area contributed by atoms with Gasteiger partial charge in [0.25, 0.3) is 0 Å². The van der Waals surface area contributed by atoms with Gasteiger partial charge in [-0.25, -0.2) is 8.78 Å². The standard InChI is InChI=1S/C13H21F2NO2/c14-13(15)7-1-2-9(8-13)12(18)16-10-3-5-11(17)6-4-10/h9-11,17H,1-8H2,(H,16,18). The molecule has 0 aromatic carbocycles. The summed E-state index contributed by atoms with van der Waals surface area (Å²) in [5.41, 5.74) is 0. The highest BCUT2D eigenvalue weighted by Gasteiger charge is 2.39. The molecule has 2 rings (SSSR count). The van der Waals surface area contributed by atoms with Crippen LogP contribution in [0.1, 0.15) is 51.4 Å². The predicted octanol–water partition coefficient (Wildman–Crippen LogP) is 2.23. The van der Waals surface area contributed by atoms with Crippen LogP contribution in [0.25, 0.3) is 0 Å². The Labute approximate surface area is 106 Å². The van der Waals surface area contributed by atoms with Crippen LogP contribution in [0, 0.1) is 5.92 Å². The van der Waals surface area contributed by atoms with E-state index in [2.05, 4.69) is 5.32 Å². The van der Waals surface area contributed by atoms with Crippen LogP contribution in [0.15, 0.2) is 0 Å². The molecule has 0 aliphatic heterocycles. The maximum atomic E-state index is 13.2. The summed E-state index contributed by atoms with van der Waals surface area (Å²) in [5, 5.41) is 12.2. The van der Waals surface area contributed by atoms with Crippen molar-refractivity contribution in [3.63, 3.8) is 0 Å². The first kappa shape index (κ1) is 13.7. The van der Waals surface area contributed by atoms with E-state index in [1.807, 2.05) is 0 Å². The number of carbonyl (C=O) groups excluding carboxylic acids is 1. The van der Waals surface area contributed by atoms with Crippen LogP contribution >= 0.6 is 0 Å². The molecular weight excluding hydrogens is 240 g/mol. The molecule has 3 nitrogen and oxygen atoms in total. The molecule has 18 heavy (non-hydrogen) atoms. The summed E-state index contributed by atoms with van der Waals surface area (Å²) in [4.78, 5) is 11.9. The molecule has 0 aromatic rings. The van der Waals surface area contributed by atoms with Gasteiger partial charge in [-0.2, -0.15) is 0 Å². The van der Waals surface area contributed by atoms with E-state index in [4.69, 9.17) is 0 Å². The van der Waals surface area contributed by atoms with Gasteiger partial charge in [0.1, 0.15) is 0 Å². The van der Waals surface area contributed by atoms with Crippen molar-refractivity contribution in [1.29, 1.82) is 0 Å². The maximum absolute atomic E-state index is 13.2. The highest BCUT2D eigenvalue weighted by atomic mass is 19.3. The van der Waals surface area contributed by atoms with Crippen LogP contribution in [-0.2, 0) is 4.79 Å². The second-order valence-corrected chi connectivity index (χ2v) is 5.66. The van der Waals surface area contributed by atoms with E-state index < -0.39 is 11.8 Å². The molecule has 1 atom stereocenters. The molecule has 2 fully saturated rings. The first-order valence-electron chi connectivity index (χ1n) is 6.82. The minimum atomic E-state index is -2.68. The Morgan fingerprint density at radius 1 is 1.17 bits per heavy atom. The third-order valence-corrected chi connectivity index (χ3v) is 4.05. The number of carbonyl (C=O) groups is 1. The van der Waals surface area contributed by atoms with Gasteiger partial charge in [0.05, 0.1) is 6.10 Å². The summed E-state index contributed by atoms with van der Waals surface area (Å²) in [6.07, 6.45) is 3.19. The Morgan fingerprint density at radius 2 is 1.83 bits per heavy atom. The molecule has 0 spiro atoms. The zero-order valence-corrected chi connectivity index (χ0v) is 10.5. The lowest BCUT2D eigenvalue weighted by Crippen LogP contribution is -2.44. The van der Waals surface area contributed by atoms with Crippen LogP contribution in [0.3, 0.4) is 0 Å². The van der Waals surface area contributed by atoms with Gasteiger partial charge in [0, 0.05) is 24.8 Å². The Hall–Kier alpha value is -0.710. The molecule has 2 aliphatic carbocycles. The number of aliphatic hydroxyl groups excluding tert-OH is 1. The van der Waals surface area contributed by atoms with Gasteiger partial charge in [-0.05, 0) is 38.5 Å². The largest absolute Gasteiger partial charge is 0.393 e. The minimum Gasteiger partial charge on any atom is -0.393 e. The van der Waals surface area contributed by atoms with Gasteiger partial charge in [0.2, 0.25) is 11.8 Å². The quantitative estimate of drug-likeness (QED) is 0.801. The normalized spacial score (nSPS) is 36.1. The van der Waals surface area contributed by atoms with Gasteiger partial charge in [0.15, 0.2) is 0 Å². The third kappa shape index (κ3) is 3.64. The van der Waals surface area contributed by atoms with E-state index in [0.717, 1.165) is 12.8 Å². The van der Waals surface area contributed by atoms with Gasteiger partial charge in [-0.3, -0.25) is 4.79 Å². The predicted molar refractivity (Wildman–Crippen MR) is 63.3 cm³/mol. The average molecular weight is 261 g/mol. The van der Waals surface area contributed by atoms with E-state index >= 15 is 0 Å². The molecule has 0 bridgehead atoms. The summed E-state index contributed by atoms with van der Waals surface area (Å²) < 4.78 is 26.5. The Kier molecular flexibility index (Phi) is 4.20. The summed E-state index contributed by atoms with van der Waals surface area (Å²) >= 11 is 0. The SMILES string of the molecule is O=C(NC1CCC(O)CC1)C1CCCC(F)(F)C1. The summed E-state index contributed by atoms with van der Waals surface area (Å²) in [5.74, 6) is -3.44. The molecule has 1 amide bonds. The number of amides is 1. The molecule has 2 N–H and O–H groups in total. The topological polar surface area (TPSA) is 49.3 Å². The van der Waals surface area contributed by atoms with Crippen molar-refractivity contribution in [3.05, 3.63) is 0 Å². The third-order valence-electron chi connectivity index (χ3n) is 4.05. The van der Waals surface area contributed by atoms with Crippen molar-refractivity contribution >= 4 is 5.91 Å². The summed E-state index contributed by atoms with van der Waals surface area (Å²) in [6.45, 7) is 0. The second-order valence-electron chi connectivity index (χ2n) is 5.66. The van der Waals surface area contributed by atoms with Crippen LogP contribution in [0.2, 0.25) is 0 Å². The molecule has 5 heteroatoms. The van der Waals surface area contributed by atoms with Gasteiger partial charge >= 0.3 is 0 Å². The van der Waals surface area contributed by atoms with Crippen molar-refractivity contribution in [2.75, 3.05) is 0 Å². The molecule has 0 saturated heterocycles. The number of nitrogens with one attached hydrogen (secondary N) is 1. The number of hydrogen-bond donors (Lipinski definition) is 2. The second kappa shape index (κ2) is 5.51. The Bertz CT molecular complexity index is 301. The fourth-order valence-corrected chi connectivity index (χ4v) is 2.93. The summed E-state index contributed by atoms with van der Waals surface area (Å²) in [7, 11) is 0. The van der Waals surface area contributed by atoms with Crippen LogP contribution in [0.5, 0.6) is 0 Å². The lowest BCUT2D eigenvalue weighted by molar-refractivity contribution is -0.133. The zero-order valence-electron chi connectivity index (χ0n) is 10.5. The van der Waals surface area contributed by atoms with Crippen LogP contribution < -0.4 is 5.32 Å². The first-order chi connectivity index (χ1) is 8.46. The smallest absolute Gasteiger partial charge is 0.248 e. The number of aliphatic hydroxyl groups is 1. The molecule has 0 radical (unpaired) electrons. The zero-order chi connectivity index (χ0) is 13.2. The van der Waals surface area contributed by atoms with Crippen LogP contribution in [-0.4, -0.2) is 29.1 Å². The first-order valence-corrected chi connectivity index (χ1v) is 6.82. The molecule has 1 unspecified atom stereocenters. The fraction of sp³-hybridized carbons (Fsp3) is 0.923. The van der Waals surface area contributed by atoms with Gasteiger partial charge in [-0.1, -0.05) is 0 Å². The van der Waals surface area contributed by atoms with Crippen molar-refractivity contribution in [1.82, 2.24) is 5.32 Å². The lowest BCUT2D eigenvalue weighted by Gasteiger charge is -2.31. The minimum absolute atomic E-state index is 0.0523. The lowest BCUT2D eigenvalue weighted by atomic mass is 9.85. The Balaban J connectivity index is 1.80. The van der Waals surface area contributed by atoms with Gasteiger partial charge in [-0.15, -0.1) is 0 Å². The molecule has 0 aromatic heterocycles. The van der Waals surface area contributed by atoms with Crippen LogP contribution in [0.4, 0.5) is 8.78 Å². The van der Waals surface area contributed by atoms with E-state index in [-0.39, 0.29) is 30.9 Å². The molecule has 0 heterocycles.